The maximum atomic E-state index is 6.24. The summed E-state index contributed by atoms with van der Waals surface area (Å²) >= 11 is 12.4. The van der Waals surface area contributed by atoms with Crippen molar-refractivity contribution in [2.45, 2.75) is 26.3 Å². The van der Waals surface area contributed by atoms with Crippen LogP contribution in [0.15, 0.2) is 58.3 Å². The van der Waals surface area contributed by atoms with Crippen molar-refractivity contribution in [2.75, 3.05) is 0 Å². The second-order valence-corrected chi connectivity index (χ2v) is 5.49. The second kappa shape index (κ2) is 6.31. The molecule has 2 rings (SSSR count). The Morgan fingerprint density at radius 2 is 2.05 bits per heavy atom. The van der Waals surface area contributed by atoms with Crippen molar-refractivity contribution in [3.63, 3.8) is 0 Å². The third-order valence-corrected chi connectivity index (χ3v) is 3.97. The van der Waals surface area contributed by atoms with Gasteiger partial charge >= 0.3 is 0 Å². The molecule has 1 N–H and O–H groups in total. The molecule has 100 valence electrons. The minimum atomic E-state index is 0.693. The monoisotopic (exact) mass is 293 g/mol. The van der Waals surface area contributed by atoms with E-state index in [1.165, 1.54) is 11.1 Å². The van der Waals surface area contributed by atoms with E-state index in [9.17, 15) is 0 Å². The zero-order valence-corrected chi connectivity index (χ0v) is 12.5. The van der Waals surface area contributed by atoms with Crippen molar-refractivity contribution >= 4 is 23.2 Å². The molecule has 0 atom stereocenters. The lowest BCUT2D eigenvalue weighted by Gasteiger charge is -2.18. The standard InChI is InChI=1S/C16H17Cl2N/c1-11-6-3-4-7-13(11)10-19-12(2)16-14(17)8-5-9-15(16)18/h3-4,6-8,19H,2,5,9-10H2,1H3. The number of allylic oxidation sites excluding steroid dienone is 3. The smallest absolute Gasteiger partial charge is 0.0470 e. The fourth-order valence-corrected chi connectivity index (χ4v) is 2.80. The maximum absolute atomic E-state index is 6.24. The average molecular weight is 294 g/mol. The highest BCUT2D eigenvalue weighted by atomic mass is 35.5. The van der Waals surface area contributed by atoms with Crippen LogP contribution in [-0.2, 0) is 6.54 Å². The number of hydrogen-bond acceptors (Lipinski definition) is 1. The van der Waals surface area contributed by atoms with E-state index in [0.29, 0.717) is 5.03 Å². The molecule has 0 unspecified atom stereocenters. The summed E-state index contributed by atoms with van der Waals surface area (Å²) in [5.41, 5.74) is 4.14. The summed E-state index contributed by atoms with van der Waals surface area (Å²) < 4.78 is 0. The van der Waals surface area contributed by atoms with Crippen molar-refractivity contribution in [1.82, 2.24) is 5.32 Å². The molecule has 1 aliphatic rings. The topological polar surface area (TPSA) is 12.0 Å². The zero-order chi connectivity index (χ0) is 13.8. The van der Waals surface area contributed by atoms with Gasteiger partial charge in [-0.15, -0.1) is 0 Å². The van der Waals surface area contributed by atoms with Crippen molar-refractivity contribution < 1.29 is 0 Å². The van der Waals surface area contributed by atoms with Crippen LogP contribution in [0.3, 0.4) is 0 Å². The third-order valence-electron chi connectivity index (χ3n) is 3.25. The molecule has 0 bridgehead atoms. The first-order valence-electron chi connectivity index (χ1n) is 6.32. The van der Waals surface area contributed by atoms with Gasteiger partial charge < -0.3 is 5.32 Å². The Bertz CT molecular complexity index is 556. The van der Waals surface area contributed by atoms with E-state index in [4.69, 9.17) is 23.2 Å². The summed E-state index contributed by atoms with van der Waals surface area (Å²) in [6.45, 7) is 6.87. The molecule has 1 nitrogen and oxygen atoms in total. The highest BCUT2D eigenvalue weighted by molar-refractivity contribution is 6.36. The van der Waals surface area contributed by atoms with Crippen LogP contribution in [0, 0.1) is 6.92 Å². The van der Waals surface area contributed by atoms with Gasteiger partial charge in [-0.05, 0) is 30.9 Å². The molecule has 0 aliphatic heterocycles. The highest BCUT2D eigenvalue weighted by Crippen LogP contribution is 2.33. The molecule has 0 radical (unpaired) electrons. The summed E-state index contributed by atoms with van der Waals surface area (Å²) in [6, 6.07) is 8.27. The van der Waals surface area contributed by atoms with Crippen LogP contribution >= 0.6 is 23.2 Å². The Labute approximate surface area is 124 Å². The maximum Gasteiger partial charge on any atom is 0.0470 e. The number of benzene rings is 1. The number of nitrogens with one attached hydrogen (secondary N) is 1. The number of rotatable bonds is 4. The first-order chi connectivity index (χ1) is 9.09. The van der Waals surface area contributed by atoms with E-state index in [1.807, 2.05) is 18.2 Å². The van der Waals surface area contributed by atoms with Crippen LogP contribution in [0.1, 0.15) is 24.0 Å². The van der Waals surface area contributed by atoms with Crippen molar-refractivity contribution in [2.24, 2.45) is 0 Å². The van der Waals surface area contributed by atoms with Crippen LogP contribution in [0.25, 0.3) is 0 Å². The lowest BCUT2D eigenvalue weighted by Crippen LogP contribution is -2.16. The Kier molecular flexibility index (Phi) is 4.73. The quantitative estimate of drug-likeness (QED) is 0.823. The van der Waals surface area contributed by atoms with E-state index >= 15 is 0 Å². The molecule has 0 fully saturated rings. The molecule has 19 heavy (non-hydrogen) atoms. The normalized spacial score (nSPS) is 15.2. The van der Waals surface area contributed by atoms with E-state index in [-0.39, 0.29) is 0 Å². The minimum absolute atomic E-state index is 0.693. The van der Waals surface area contributed by atoms with Gasteiger partial charge in [-0.1, -0.05) is 60.1 Å². The summed E-state index contributed by atoms with van der Waals surface area (Å²) in [5.74, 6) is 0. The molecule has 0 spiro atoms. The molecule has 0 aromatic heterocycles. The summed E-state index contributed by atoms with van der Waals surface area (Å²) in [6.07, 6.45) is 3.72. The fourth-order valence-electron chi connectivity index (χ4n) is 2.09. The first-order valence-corrected chi connectivity index (χ1v) is 7.07. The Morgan fingerprint density at radius 1 is 1.32 bits per heavy atom. The van der Waals surface area contributed by atoms with E-state index < -0.39 is 0 Å². The van der Waals surface area contributed by atoms with E-state index in [1.54, 1.807) is 0 Å². The predicted molar refractivity (Wildman–Crippen MR) is 83.2 cm³/mol. The minimum Gasteiger partial charge on any atom is -0.381 e. The zero-order valence-electron chi connectivity index (χ0n) is 11.0. The van der Waals surface area contributed by atoms with Gasteiger partial charge in [0.25, 0.3) is 0 Å². The van der Waals surface area contributed by atoms with Crippen LogP contribution in [0.4, 0.5) is 0 Å². The van der Waals surface area contributed by atoms with Gasteiger partial charge in [-0.3, -0.25) is 0 Å². The Balaban J connectivity index is 2.07. The van der Waals surface area contributed by atoms with Crippen LogP contribution in [-0.4, -0.2) is 0 Å². The molecule has 1 aromatic rings. The summed E-state index contributed by atoms with van der Waals surface area (Å²) in [7, 11) is 0. The Morgan fingerprint density at radius 3 is 2.74 bits per heavy atom. The van der Waals surface area contributed by atoms with E-state index in [0.717, 1.165) is 35.7 Å². The predicted octanol–water partition coefficient (Wildman–Crippen LogP) is 5.01. The van der Waals surface area contributed by atoms with Gasteiger partial charge in [-0.2, -0.15) is 0 Å². The van der Waals surface area contributed by atoms with Crippen LogP contribution in [0.2, 0.25) is 0 Å². The van der Waals surface area contributed by atoms with Gasteiger partial charge in [0.05, 0.1) is 0 Å². The molecule has 0 heterocycles. The Hall–Kier alpha value is -1.18. The molecule has 3 heteroatoms. The van der Waals surface area contributed by atoms with Gasteiger partial charge in [0.15, 0.2) is 0 Å². The van der Waals surface area contributed by atoms with Crippen LogP contribution < -0.4 is 5.32 Å². The van der Waals surface area contributed by atoms with Crippen LogP contribution in [0.5, 0.6) is 0 Å². The first kappa shape index (κ1) is 14.2. The van der Waals surface area contributed by atoms with Gasteiger partial charge in [0, 0.05) is 27.9 Å². The van der Waals surface area contributed by atoms with Gasteiger partial charge in [-0.25, -0.2) is 0 Å². The lowest BCUT2D eigenvalue weighted by molar-refractivity contribution is 0.814. The number of halogens is 2. The van der Waals surface area contributed by atoms with Gasteiger partial charge in [0.1, 0.15) is 0 Å². The third kappa shape index (κ3) is 3.43. The average Bonchev–Trinajstić information content (AvgIpc) is 2.37. The molecular formula is C16H17Cl2N. The van der Waals surface area contributed by atoms with Gasteiger partial charge in [0.2, 0.25) is 0 Å². The SMILES string of the molecule is C=C(NCc1ccccc1C)C1=C(Cl)CCC=C1Cl. The summed E-state index contributed by atoms with van der Waals surface area (Å²) in [5, 5.41) is 4.79. The molecule has 0 amide bonds. The number of hydrogen-bond donors (Lipinski definition) is 1. The second-order valence-electron chi connectivity index (χ2n) is 4.63. The fraction of sp³-hybridized carbons (Fsp3) is 0.250. The lowest BCUT2D eigenvalue weighted by atomic mass is 10.0. The van der Waals surface area contributed by atoms with Crippen molar-refractivity contribution in [3.05, 3.63) is 69.4 Å². The highest BCUT2D eigenvalue weighted by Gasteiger charge is 2.16. The van der Waals surface area contributed by atoms with E-state index in [2.05, 4.69) is 31.0 Å². The van der Waals surface area contributed by atoms with Crippen molar-refractivity contribution in [1.29, 1.82) is 0 Å². The summed E-state index contributed by atoms with van der Waals surface area (Å²) in [4.78, 5) is 0. The molecule has 1 aromatic carbocycles. The molecule has 1 aliphatic carbocycles. The molecule has 0 saturated heterocycles. The largest absolute Gasteiger partial charge is 0.381 e. The molecular weight excluding hydrogens is 277 g/mol. The number of aryl methyl sites for hydroxylation is 1. The molecule has 0 saturated carbocycles. The van der Waals surface area contributed by atoms with Crippen molar-refractivity contribution in [3.8, 4) is 0 Å².